The Hall–Kier alpha value is -3.02. The highest BCUT2D eigenvalue weighted by Crippen LogP contribution is 2.27. The number of halogens is 1. The summed E-state index contributed by atoms with van der Waals surface area (Å²) in [7, 11) is 0. The van der Waals surface area contributed by atoms with Crippen molar-refractivity contribution in [2.75, 3.05) is 10.2 Å². The van der Waals surface area contributed by atoms with Gasteiger partial charge in [-0.2, -0.15) is 0 Å². The lowest BCUT2D eigenvalue weighted by atomic mass is 10.1. The van der Waals surface area contributed by atoms with Gasteiger partial charge in [0.05, 0.1) is 12.1 Å². The number of nitrogens with zero attached hydrogens (tertiary/aromatic N) is 1. The third-order valence-corrected chi connectivity index (χ3v) is 4.18. The first-order chi connectivity index (χ1) is 11.9. The van der Waals surface area contributed by atoms with E-state index in [9.17, 15) is 18.8 Å². The monoisotopic (exact) mass is 340 g/mol. The van der Waals surface area contributed by atoms with E-state index in [1.165, 1.54) is 25.1 Å². The van der Waals surface area contributed by atoms with Gasteiger partial charge < -0.3 is 5.32 Å². The van der Waals surface area contributed by atoms with Crippen LogP contribution in [0, 0.1) is 12.7 Å². The zero-order chi connectivity index (χ0) is 18.1. The summed E-state index contributed by atoms with van der Waals surface area (Å²) in [6, 6.07) is 9.89. The van der Waals surface area contributed by atoms with Crippen molar-refractivity contribution in [1.82, 2.24) is 0 Å². The lowest BCUT2D eigenvalue weighted by Gasteiger charge is -2.17. The van der Waals surface area contributed by atoms with Crippen LogP contribution < -0.4 is 10.2 Å². The number of carbonyl (C=O) groups excluding carboxylic acids is 3. The molecular formula is C19H17FN2O3. The van der Waals surface area contributed by atoms with Crippen LogP contribution in [0.25, 0.3) is 0 Å². The fourth-order valence-electron chi connectivity index (χ4n) is 2.86. The number of carbonyl (C=O) groups is 3. The van der Waals surface area contributed by atoms with E-state index in [0.717, 1.165) is 4.90 Å². The lowest BCUT2D eigenvalue weighted by molar-refractivity contribution is -0.121. The van der Waals surface area contributed by atoms with Crippen LogP contribution in [0.4, 0.5) is 15.8 Å². The Kier molecular flexibility index (Phi) is 4.35. The highest BCUT2D eigenvalue weighted by Gasteiger charge is 2.39. The number of amides is 2. The molecule has 0 aliphatic carbocycles. The van der Waals surface area contributed by atoms with Crippen LogP contribution in [0.1, 0.15) is 29.3 Å². The first kappa shape index (κ1) is 16.8. The minimum absolute atomic E-state index is 0.0000508. The third-order valence-electron chi connectivity index (χ3n) is 4.18. The molecule has 0 aromatic heterocycles. The number of rotatable bonds is 4. The average molecular weight is 340 g/mol. The fourth-order valence-corrected chi connectivity index (χ4v) is 2.86. The molecule has 1 aliphatic rings. The summed E-state index contributed by atoms with van der Waals surface area (Å²) in [5.74, 6) is -1.24. The second kappa shape index (κ2) is 6.47. The van der Waals surface area contributed by atoms with Crippen LogP contribution in [0.15, 0.2) is 42.5 Å². The summed E-state index contributed by atoms with van der Waals surface area (Å²) in [5, 5.41) is 3.01. The SMILES string of the molecule is CC(=O)c1cccc(N2C(=O)CC(Nc3ccc(F)cc3C)C2=O)c1. The molecule has 6 heteroatoms. The van der Waals surface area contributed by atoms with Gasteiger partial charge in [0.15, 0.2) is 5.78 Å². The number of aryl methyl sites for hydroxylation is 1. The molecule has 0 radical (unpaired) electrons. The summed E-state index contributed by atoms with van der Waals surface area (Å²) in [6.07, 6.45) is -0.0000508. The van der Waals surface area contributed by atoms with Gasteiger partial charge in [-0.15, -0.1) is 0 Å². The summed E-state index contributed by atoms with van der Waals surface area (Å²) < 4.78 is 13.2. The van der Waals surface area contributed by atoms with Gasteiger partial charge in [0.2, 0.25) is 5.91 Å². The Balaban J connectivity index is 1.85. The molecule has 2 aromatic carbocycles. The van der Waals surface area contributed by atoms with Crippen LogP contribution in [-0.2, 0) is 9.59 Å². The van der Waals surface area contributed by atoms with E-state index in [0.29, 0.717) is 22.5 Å². The standard InChI is InChI=1S/C19H17FN2O3/c1-11-8-14(20)6-7-16(11)21-17-10-18(24)22(19(17)25)15-5-3-4-13(9-15)12(2)23/h3-9,17,21H,10H2,1-2H3. The van der Waals surface area contributed by atoms with E-state index in [-0.39, 0.29) is 23.9 Å². The van der Waals surface area contributed by atoms with Crippen LogP contribution in [0.2, 0.25) is 0 Å². The molecule has 1 atom stereocenters. The minimum Gasteiger partial charge on any atom is -0.373 e. The highest BCUT2D eigenvalue weighted by molar-refractivity contribution is 6.23. The third kappa shape index (κ3) is 3.28. The molecule has 2 amide bonds. The normalized spacial score (nSPS) is 17.1. The van der Waals surface area contributed by atoms with Crippen molar-refractivity contribution in [1.29, 1.82) is 0 Å². The van der Waals surface area contributed by atoms with Crippen molar-refractivity contribution in [3.8, 4) is 0 Å². The zero-order valence-electron chi connectivity index (χ0n) is 13.9. The first-order valence-corrected chi connectivity index (χ1v) is 7.87. The van der Waals surface area contributed by atoms with Crippen molar-refractivity contribution in [3.63, 3.8) is 0 Å². The van der Waals surface area contributed by atoms with E-state index in [1.807, 2.05) is 0 Å². The number of hydrogen-bond acceptors (Lipinski definition) is 4. The lowest BCUT2D eigenvalue weighted by Crippen LogP contribution is -2.35. The summed E-state index contributed by atoms with van der Waals surface area (Å²) in [5.41, 5.74) is 2.07. The van der Waals surface area contributed by atoms with E-state index in [1.54, 1.807) is 31.2 Å². The van der Waals surface area contributed by atoms with E-state index < -0.39 is 11.9 Å². The summed E-state index contributed by atoms with van der Waals surface area (Å²) in [4.78, 5) is 37.6. The predicted octanol–water partition coefficient (Wildman–Crippen LogP) is 3.08. The van der Waals surface area contributed by atoms with Crippen molar-refractivity contribution < 1.29 is 18.8 Å². The Bertz CT molecular complexity index is 879. The molecular weight excluding hydrogens is 323 g/mol. The van der Waals surface area contributed by atoms with Crippen molar-refractivity contribution in [3.05, 3.63) is 59.4 Å². The number of hydrogen-bond donors (Lipinski definition) is 1. The van der Waals surface area contributed by atoms with Gasteiger partial charge in [-0.3, -0.25) is 14.4 Å². The number of anilines is 2. The van der Waals surface area contributed by atoms with Crippen molar-refractivity contribution in [2.45, 2.75) is 26.3 Å². The molecule has 1 fully saturated rings. The van der Waals surface area contributed by atoms with Gasteiger partial charge in [-0.05, 0) is 49.7 Å². The van der Waals surface area contributed by atoms with Crippen molar-refractivity contribution in [2.24, 2.45) is 0 Å². The Morgan fingerprint density at radius 2 is 1.96 bits per heavy atom. The van der Waals surface area contributed by atoms with E-state index in [2.05, 4.69) is 5.32 Å². The van der Waals surface area contributed by atoms with Gasteiger partial charge in [0, 0.05) is 11.3 Å². The second-order valence-electron chi connectivity index (χ2n) is 6.03. The van der Waals surface area contributed by atoms with Gasteiger partial charge in [0.25, 0.3) is 5.91 Å². The molecule has 3 rings (SSSR count). The van der Waals surface area contributed by atoms with Crippen LogP contribution in [0.5, 0.6) is 0 Å². The smallest absolute Gasteiger partial charge is 0.256 e. The topological polar surface area (TPSA) is 66.5 Å². The molecule has 1 N–H and O–H groups in total. The molecule has 1 saturated heterocycles. The molecule has 128 valence electrons. The zero-order valence-corrected chi connectivity index (χ0v) is 13.9. The molecule has 0 bridgehead atoms. The molecule has 1 aliphatic heterocycles. The van der Waals surface area contributed by atoms with Gasteiger partial charge in [-0.1, -0.05) is 12.1 Å². The van der Waals surface area contributed by atoms with Gasteiger partial charge >= 0.3 is 0 Å². The number of imide groups is 1. The second-order valence-corrected chi connectivity index (χ2v) is 6.03. The Labute approximate surface area is 144 Å². The van der Waals surface area contributed by atoms with Gasteiger partial charge in [-0.25, -0.2) is 9.29 Å². The quantitative estimate of drug-likeness (QED) is 0.686. The maximum atomic E-state index is 13.2. The summed E-state index contributed by atoms with van der Waals surface area (Å²) >= 11 is 0. The molecule has 25 heavy (non-hydrogen) atoms. The summed E-state index contributed by atoms with van der Waals surface area (Å²) in [6.45, 7) is 3.15. The maximum Gasteiger partial charge on any atom is 0.256 e. The number of ketones is 1. The van der Waals surface area contributed by atoms with Crippen LogP contribution in [-0.4, -0.2) is 23.6 Å². The first-order valence-electron chi connectivity index (χ1n) is 7.87. The fraction of sp³-hybridized carbons (Fsp3) is 0.211. The maximum absolute atomic E-state index is 13.2. The van der Waals surface area contributed by atoms with Gasteiger partial charge in [0.1, 0.15) is 11.9 Å². The van der Waals surface area contributed by atoms with Crippen molar-refractivity contribution >= 4 is 29.0 Å². The Morgan fingerprint density at radius 3 is 2.64 bits per heavy atom. The number of benzene rings is 2. The predicted molar refractivity (Wildman–Crippen MR) is 92.1 cm³/mol. The number of nitrogens with one attached hydrogen (secondary N) is 1. The highest BCUT2D eigenvalue weighted by atomic mass is 19.1. The molecule has 2 aromatic rings. The molecule has 5 nitrogen and oxygen atoms in total. The Morgan fingerprint density at radius 1 is 1.20 bits per heavy atom. The van der Waals surface area contributed by atoms with Crippen LogP contribution >= 0.6 is 0 Å². The van der Waals surface area contributed by atoms with E-state index >= 15 is 0 Å². The molecule has 1 heterocycles. The number of Topliss-reactive ketones (excluding diaryl/α,β-unsaturated/α-hetero) is 1. The molecule has 0 saturated carbocycles. The largest absolute Gasteiger partial charge is 0.373 e. The molecule has 1 unspecified atom stereocenters. The van der Waals surface area contributed by atoms with E-state index in [4.69, 9.17) is 0 Å². The average Bonchev–Trinajstić information content (AvgIpc) is 2.84. The van der Waals surface area contributed by atoms with Crippen LogP contribution in [0.3, 0.4) is 0 Å². The minimum atomic E-state index is -0.724. The molecule has 0 spiro atoms.